The van der Waals surface area contributed by atoms with Gasteiger partial charge in [0.2, 0.25) is 0 Å². The zero-order chi connectivity index (χ0) is 14.9. The molecule has 2 aromatic rings. The van der Waals surface area contributed by atoms with Gasteiger partial charge >= 0.3 is 0 Å². The van der Waals surface area contributed by atoms with Crippen molar-refractivity contribution in [2.75, 3.05) is 33.2 Å². The van der Waals surface area contributed by atoms with Gasteiger partial charge in [0.15, 0.2) is 0 Å². The summed E-state index contributed by atoms with van der Waals surface area (Å²) in [7, 11) is -1.79. The number of benzene rings is 1. The summed E-state index contributed by atoms with van der Waals surface area (Å²) in [4.78, 5) is 4.49. The lowest BCUT2D eigenvalue weighted by Gasteiger charge is -2.30. The number of rotatable bonds is 4. The van der Waals surface area contributed by atoms with Gasteiger partial charge in [0.05, 0.1) is 16.8 Å². The van der Waals surface area contributed by atoms with Gasteiger partial charge in [0.1, 0.15) is 5.01 Å². The Labute approximate surface area is 128 Å². The van der Waals surface area contributed by atoms with Crippen LogP contribution in [0.15, 0.2) is 24.3 Å². The van der Waals surface area contributed by atoms with Crippen LogP contribution < -0.4 is 5.32 Å². The lowest BCUT2D eigenvalue weighted by atomic mass is 10.3. The molecule has 21 heavy (non-hydrogen) atoms. The molecule has 0 aliphatic carbocycles. The highest BCUT2D eigenvalue weighted by Gasteiger charge is 2.28. The molecule has 3 rings (SSSR count). The third kappa shape index (κ3) is 3.09. The first kappa shape index (κ1) is 14.9. The molecular formula is C13H18N4O2S2. The van der Waals surface area contributed by atoms with E-state index in [1.807, 2.05) is 24.3 Å². The molecule has 6 nitrogen and oxygen atoms in total. The third-order valence-corrected chi connectivity index (χ3v) is 6.45. The van der Waals surface area contributed by atoms with Gasteiger partial charge in [0, 0.05) is 33.2 Å². The predicted octanol–water partition coefficient (Wildman–Crippen LogP) is 0.878. The van der Waals surface area contributed by atoms with Crippen LogP contribution in [0.4, 0.5) is 0 Å². The molecule has 1 aliphatic rings. The van der Waals surface area contributed by atoms with Crippen molar-refractivity contribution in [2.24, 2.45) is 0 Å². The average Bonchev–Trinajstić information content (AvgIpc) is 2.90. The topological polar surface area (TPSA) is 65.5 Å². The first-order valence-corrected chi connectivity index (χ1v) is 9.05. The molecule has 1 N–H and O–H groups in total. The van der Waals surface area contributed by atoms with Crippen molar-refractivity contribution in [3.63, 3.8) is 0 Å². The van der Waals surface area contributed by atoms with Gasteiger partial charge in [-0.3, -0.25) is 0 Å². The molecule has 1 fully saturated rings. The van der Waals surface area contributed by atoms with E-state index in [-0.39, 0.29) is 0 Å². The monoisotopic (exact) mass is 326 g/mol. The van der Waals surface area contributed by atoms with E-state index < -0.39 is 10.2 Å². The Balaban J connectivity index is 1.76. The smallest absolute Gasteiger partial charge is 0.282 e. The molecule has 114 valence electrons. The third-order valence-electron chi connectivity index (χ3n) is 3.49. The molecule has 0 radical (unpaired) electrons. The van der Waals surface area contributed by atoms with Gasteiger partial charge in [-0.15, -0.1) is 11.3 Å². The van der Waals surface area contributed by atoms with E-state index >= 15 is 0 Å². The molecule has 1 aromatic carbocycles. The molecule has 0 amide bonds. The number of para-hydroxylation sites is 1. The molecule has 1 aliphatic heterocycles. The zero-order valence-electron chi connectivity index (χ0n) is 11.8. The van der Waals surface area contributed by atoms with Crippen LogP contribution in [0, 0.1) is 0 Å². The number of fused-ring (bicyclic) bond motifs is 1. The van der Waals surface area contributed by atoms with Crippen LogP contribution in [0.5, 0.6) is 0 Å². The fourth-order valence-electron chi connectivity index (χ4n) is 2.33. The molecule has 0 spiro atoms. The van der Waals surface area contributed by atoms with Gasteiger partial charge in [0.25, 0.3) is 10.2 Å². The minimum absolute atomic E-state index is 0.311. The normalized spacial score (nSPS) is 17.6. The number of aromatic nitrogens is 1. The van der Waals surface area contributed by atoms with E-state index in [2.05, 4.69) is 10.3 Å². The number of hydrogen-bond donors (Lipinski definition) is 1. The van der Waals surface area contributed by atoms with E-state index in [0.29, 0.717) is 32.7 Å². The fraction of sp³-hybridized carbons (Fsp3) is 0.462. The summed E-state index contributed by atoms with van der Waals surface area (Å²) in [6.45, 7) is 2.76. The molecular weight excluding hydrogens is 308 g/mol. The Kier molecular flexibility index (Phi) is 4.23. The van der Waals surface area contributed by atoms with Crippen molar-refractivity contribution < 1.29 is 8.42 Å². The molecule has 8 heteroatoms. The number of nitrogens with one attached hydrogen (secondary N) is 1. The van der Waals surface area contributed by atoms with Crippen LogP contribution in [-0.2, 0) is 16.8 Å². The van der Waals surface area contributed by atoms with Crippen LogP contribution in [0.25, 0.3) is 10.2 Å². The first-order chi connectivity index (χ1) is 10.1. The minimum Gasteiger partial charge on any atom is -0.314 e. The van der Waals surface area contributed by atoms with Gasteiger partial charge < -0.3 is 5.32 Å². The molecule has 0 bridgehead atoms. The highest BCUT2D eigenvalue weighted by atomic mass is 32.2. The molecule has 2 heterocycles. The van der Waals surface area contributed by atoms with E-state index in [1.165, 1.54) is 8.61 Å². The van der Waals surface area contributed by atoms with Gasteiger partial charge in [-0.25, -0.2) is 4.98 Å². The van der Waals surface area contributed by atoms with Crippen LogP contribution in [-0.4, -0.2) is 55.2 Å². The maximum atomic E-state index is 12.5. The molecule has 0 saturated carbocycles. The van der Waals surface area contributed by atoms with Crippen molar-refractivity contribution >= 4 is 31.8 Å². The zero-order valence-corrected chi connectivity index (χ0v) is 13.5. The Morgan fingerprint density at radius 1 is 1.33 bits per heavy atom. The van der Waals surface area contributed by atoms with Gasteiger partial charge in [-0.05, 0) is 12.1 Å². The summed E-state index contributed by atoms with van der Waals surface area (Å²) in [5.74, 6) is 0. The SMILES string of the molecule is CN(Cc1nc2ccccc2s1)S(=O)(=O)N1CCNCC1. The Morgan fingerprint density at radius 3 is 2.76 bits per heavy atom. The first-order valence-electron chi connectivity index (χ1n) is 6.84. The van der Waals surface area contributed by atoms with Crippen LogP contribution in [0.2, 0.25) is 0 Å². The van der Waals surface area contributed by atoms with Crippen molar-refractivity contribution in [2.45, 2.75) is 6.54 Å². The Bertz CT molecular complexity index is 690. The predicted molar refractivity (Wildman–Crippen MR) is 84.4 cm³/mol. The Morgan fingerprint density at radius 2 is 2.05 bits per heavy atom. The lowest BCUT2D eigenvalue weighted by molar-refractivity contribution is 0.324. The molecule has 0 atom stereocenters. The van der Waals surface area contributed by atoms with E-state index in [9.17, 15) is 8.42 Å². The summed E-state index contributed by atoms with van der Waals surface area (Å²) in [6, 6.07) is 7.85. The van der Waals surface area contributed by atoms with Crippen LogP contribution in [0.1, 0.15) is 5.01 Å². The summed E-state index contributed by atoms with van der Waals surface area (Å²) >= 11 is 1.54. The maximum Gasteiger partial charge on any atom is 0.282 e. The summed E-state index contributed by atoms with van der Waals surface area (Å²) in [5, 5.41) is 3.98. The molecule has 1 aromatic heterocycles. The van der Waals surface area contributed by atoms with Gasteiger partial charge in [-0.1, -0.05) is 12.1 Å². The lowest BCUT2D eigenvalue weighted by Crippen LogP contribution is -2.50. The number of hydrogen-bond acceptors (Lipinski definition) is 5. The van der Waals surface area contributed by atoms with E-state index in [4.69, 9.17) is 0 Å². The second-order valence-corrected chi connectivity index (χ2v) is 8.14. The quantitative estimate of drug-likeness (QED) is 0.906. The van der Waals surface area contributed by atoms with E-state index in [1.54, 1.807) is 18.4 Å². The minimum atomic E-state index is -3.40. The van der Waals surface area contributed by atoms with Crippen molar-refractivity contribution in [3.05, 3.63) is 29.3 Å². The van der Waals surface area contributed by atoms with E-state index in [0.717, 1.165) is 15.2 Å². The second kappa shape index (κ2) is 5.98. The number of piperazine rings is 1. The van der Waals surface area contributed by atoms with Gasteiger partial charge in [-0.2, -0.15) is 17.0 Å². The molecule has 0 unspecified atom stereocenters. The maximum absolute atomic E-state index is 12.5. The largest absolute Gasteiger partial charge is 0.314 e. The number of nitrogens with zero attached hydrogens (tertiary/aromatic N) is 3. The Hall–Kier alpha value is -1.06. The highest BCUT2D eigenvalue weighted by Crippen LogP contribution is 2.23. The molecule has 1 saturated heterocycles. The average molecular weight is 326 g/mol. The summed E-state index contributed by atoms with van der Waals surface area (Å²) in [5.41, 5.74) is 0.922. The summed E-state index contributed by atoms with van der Waals surface area (Å²) < 4.78 is 29.0. The fourth-order valence-corrected chi connectivity index (χ4v) is 4.76. The highest BCUT2D eigenvalue weighted by molar-refractivity contribution is 7.86. The number of thiazole rings is 1. The van der Waals surface area contributed by atoms with Crippen LogP contribution >= 0.6 is 11.3 Å². The second-order valence-electron chi connectivity index (χ2n) is 4.99. The van der Waals surface area contributed by atoms with Crippen LogP contribution in [0.3, 0.4) is 0 Å². The van der Waals surface area contributed by atoms with Crippen molar-refractivity contribution in [1.29, 1.82) is 0 Å². The van der Waals surface area contributed by atoms with Crippen molar-refractivity contribution in [1.82, 2.24) is 18.9 Å². The van der Waals surface area contributed by atoms with Crippen molar-refractivity contribution in [3.8, 4) is 0 Å². The summed E-state index contributed by atoms with van der Waals surface area (Å²) in [6.07, 6.45) is 0. The standard InChI is InChI=1S/C13H18N4O2S2/c1-16(21(18,19)17-8-6-14-7-9-17)10-13-15-11-4-2-3-5-12(11)20-13/h2-5,14H,6-10H2,1H3.